The Morgan fingerprint density at radius 2 is 2.00 bits per heavy atom. The Bertz CT molecular complexity index is 688. The molecule has 124 valence electrons. The lowest BCUT2D eigenvalue weighted by atomic mass is 9.90. The van der Waals surface area contributed by atoms with Crippen LogP contribution in [-0.2, 0) is 0 Å². The van der Waals surface area contributed by atoms with Gasteiger partial charge in [-0.05, 0) is 48.2 Å². The van der Waals surface area contributed by atoms with Crippen LogP contribution < -0.4 is 5.73 Å². The average Bonchev–Trinajstić information content (AvgIpc) is 3.15. The molecule has 2 heterocycles. The summed E-state index contributed by atoms with van der Waals surface area (Å²) in [4.78, 5) is 16.2. The van der Waals surface area contributed by atoms with E-state index in [4.69, 9.17) is 5.73 Å². The van der Waals surface area contributed by atoms with E-state index in [2.05, 4.69) is 6.92 Å². The standard InChI is InChI=1S/C17H19FN2OS.ClH/c1-17(10-19)8-9-20(11-17)16(21)15-7-6-14(22-15)12-2-4-13(18)5-3-12;/h2-7H,8-11,19H2,1H3;1H. The minimum Gasteiger partial charge on any atom is -0.337 e. The number of rotatable bonds is 3. The van der Waals surface area contributed by atoms with Crippen molar-refractivity contribution in [3.05, 3.63) is 47.1 Å². The van der Waals surface area contributed by atoms with Crippen molar-refractivity contribution < 1.29 is 9.18 Å². The molecule has 1 aromatic heterocycles. The van der Waals surface area contributed by atoms with Crippen LogP contribution >= 0.6 is 23.7 Å². The van der Waals surface area contributed by atoms with Gasteiger partial charge in [0.15, 0.2) is 0 Å². The molecule has 1 unspecified atom stereocenters. The average molecular weight is 355 g/mol. The highest BCUT2D eigenvalue weighted by Gasteiger charge is 2.35. The van der Waals surface area contributed by atoms with Crippen molar-refractivity contribution in [2.45, 2.75) is 13.3 Å². The molecule has 3 rings (SSSR count). The van der Waals surface area contributed by atoms with Crippen LogP contribution in [0.25, 0.3) is 10.4 Å². The number of nitrogens with zero attached hydrogens (tertiary/aromatic N) is 1. The predicted molar refractivity (Wildman–Crippen MR) is 94.6 cm³/mol. The van der Waals surface area contributed by atoms with Gasteiger partial charge in [0.05, 0.1) is 4.88 Å². The number of thiophene rings is 1. The van der Waals surface area contributed by atoms with Crippen molar-refractivity contribution in [2.75, 3.05) is 19.6 Å². The van der Waals surface area contributed by atoms with Gasteiger partial charge >= 0.3 is 0 Å². The van der Waals surface area contributed by atoms with Crippen LogP contribution in [0.4, 0.5) is 4.39 Å². The molecule has 23 heavy (non-hydrogen) atoms. The molecule has 1 aromatic carbocycles. The number of amides is 1. The first-order chi connectivity index (χ1) is 10.5. The second kappa shape index (κ2) is 6.99. The topological polar surface area (TPSA) is 46.3 Å². The third-order valence-corrected chi connectivity index (χ3v) is 5.41. The van der Waals surface area contributed by atoms with Gasteiger partial charge in [0.25, 0.3) is 5.91 Å². The van der Waals surface area contributed by atoms with Crippen molar-refractivity contribution >= 4 is 29.7 Å². The van der Waals surface area contributed by atoms with Gasteiger partial charge in [-0.15, -0.1) is 23.7 Å². The number of halogens is 2. The zero-order chi connectivity index (χ0) is 15.7. The predicted octanol–water partition coefficient (Wildman–Crippen LogP) is 3.79. The molecule has 1 aliphatic heterocycles. The normalized spacial score (nSPS) is 20.4. The van der Waals surface area contributed by atoms with E-state index in [-0.39, 0.29) is 29.5 Å². The van der Waals surface area contributed by atoms with E-state index in [0.717, 1.165) is 28.3 Å². The fourth-order valence-corrected chi connectivity index (χ4v) is 3.72. The summed E-state index contributed by atoms with van der Waals surface area (Å²) in [5.74, 6) is -0.190. The first-order valence-electron chi connectivity index (χ1n) is 7.36. The molecule has 1 fully saturated rings. The van der Waals surface area contributed by atoms with Crippen molar-refractivity contribution in [3.63, 3.8) is 0 Å². The minimum absolute atomic E-state index is 0. The van der Waals surface area contributed by atoms with Gasteiger partial charge in [-0.3, -0.25) is 4.79 Å². The summed E-state index contributed by atoms with van der Waals surface area (Å²) < 4.78 is 13.0. The lowest BCUT2D eigenvalue weighted by molar-refractivity contribution is 0.0781. The van der Waals surface area contributed by atoms with Crippen LogP contribution in [0, 0.1) is 11.2 Å². The van der Waals surface area contributed by atoms with Crippen LogP contribution in [0.5, 0.6) is 0 Å². The highest BCUT2D eigenvalue weighted by atomic mass is 35.5. The lowest BCUT2D eigenvalue weighted by Crippen LogP contribution is -2.34. The summed E-state index contributed by atoms with van der Waals surface area (Å²) in [6.45, 7) is 4.20. The molecule has 1 saturated heterocycles. The van der Waals surface area contributed by atoms with E-state index in [1.54, 1.807) is 12.1 Å². The van der Waals surface area contributed by atoms with Gasteiger partial charge in [-0.1, -0.05) is 19.1 Å². The number of carbonyl (C=O) groups is 1. The van der Waals surface area contributed by atoms with E-state index in [1.807, 2.05) is 17.0 Å². The van der Waals surface area contributed by atoms with Crippen molar-refractivity contribution in [1.29, 1.82) is 0 Å². The molecular formula is C17H20ClFN2OS. The van der Waals surface area contributed by atoms with E-state index in [1.165, 1.54) is 23.5 Å². The highest BCUT2D eigenvalue weighted by molar-refractivity contribution is 7.17. The first kappa shape index (κ1) is 17.9. The molecule has 1 amide bonds. The van der Waals surface area contributed by atoms with Crippen LogP contribution in [0.15, 0.2) is 36.4 Å². The fourth-order valence-electron chi connectivity index (χ4n) is 2.74. The van der Waals surface area contributed by atoms with Crippen molar-refractivity contribution in [1.82, 2.24) is 4.90 Å². The largest absolute Gasteiger partial charge is 0.337 e. The van der Waals surface area contributed by atoms with Gasteiger partial charge < -0.3 is 10.6 Å². The monoisotopic (exact) mass is 354 g/mol. The highest BCUT2D eigenvalue weighted by Crippen LogP contribution is 2.33. The fraction of sp³-hybridized carbons (Fsp3) is 0.353. The molecule has 1 aliphatic rings. The van der Waals surface area contributed by atoms with Gasteiger partial charge in [0.1, 0.15) is 5.82 Å². The minimum atomic E-state index is -0.255. The quantitative estimate of drug-likeness (QED) is 0.911. The number of carbonyl (C=O) groups excluding carboxylic acids is 1. The smallest absolute Gasteiger partial charge is 0.263 e. The Morgan fingerprint density at radius 1 is 1.30 bits per heavy atom. The summed E-state index contributed by atoms with van der Waals surface area (Å²) in [5, 5.41) is 0. The van der Waals surface area contributed by atoms with Gasteiger partial charge in [-0.25, -0.2) is 4.39 Å². The molecule has 0 aliphatic carbocycles. The Kier molecular flexibility index (Phi) is 5.45. The van der Waals surface area contributed by atoms with E-state index < -0.39 is 0 Å². The second-order valence-electron chi connectivity index (χ2n) is 6.16. The van der Waals surface area contributed by atoms with Crippen molar-refractivity contribution in [2.24, 2.45) is 11.1 Å². The van der Waals surface area contributed by atoms with E-state index in [0.29, 0.717) is 13.1 Å². The van der Waals surface area contributed by atoms with Crippen LogP contribution in [0.1, 0.15) is 23.0 Å². The van der Waals surface area contributed by atoms with Crippen molar-refractivity contribution in [3.8, 4) is 10.4 Å². The second-order valence-corrected chi connectivity index (χ2v) is 7.25. The molecular weight excluding hydrogens is 335 g/mol. The van der Waals surface area contributed by atoms with Gasteiger partial charge in [0, 0.05) is 18.0 Å². The molecule has 0 bridgehead atoms. The number of hydrogen-bond donors (Lipinski definition) is 1. The third-order valence-electron chi connectivity index (χ3n) is 4.28. The van der Waals surface area contributed by atoms with E-state index in [9.17, 15) is 9.18 Å². The third kappa shape index (κ3) is 3.74. The maximum atomic E-state index is 13.0. The molecule has 0 radical (unpaired) electrons. The molecule has 6 heteroatoms. The Labute approximate surface area is 145 Å². The molecule has 1 atom stereocenters. The van der Waals surface area contributed by atoms with Crippen LogP contribution in [0.3, 0.4) is 0 Å². The molecule has 2 aromatic rings. The zero-order valence-electron chi connectivity index (χ0n) is 12.9. The summed E-state index contributed by atoms with van der Waals surface area (Å²) in [6, 6.07) is 10.1. The summed E-state index contributed by atoms with van der Waals surface area (Å²) in [5.41, 5.74) is 6.76. The van der Waals surface area contributed by atoms with Crippen LogP contribution in [-0.4, -0.2) is 30.4 Å². The molecule has 0 saturated carbocycles. The number of benzene rings is 1. The number of likely N-dealkylation sites (tertiary alicyclic amines) is 1. The first-order valence-corrected chi connectivity index (χ1v) is 8.17. The molecule has 3 nitrogen and oxygen atoms in total. The zero-order valence-corrected chi connectivity index (χ0v) is 14.6. The lowest BCUT2D eigenvalue weighted by Gasteiger charge is -2.22. The number of hydrogen-bond acceptors (Lipinski definition) is 3. The Balaban J connectivity index is 0.00000192. The maximum absolute atomic E-state index is 13.0. The van der Waals surface area contributed by atoms with Gasteiger partial charge in [0.2, 0.25) is 0 Å². The van der Waals surface area contributed by atoms with E-state index >= 15 is 0 Å². The SMILES string of the molecule is CC1(CN)CCN(C(=O)c2ccc(-c3ccc(F)cc3)s2)C1.Cl. The number of nitrogens with two attached hydrogens (primary N) is 1. The molecule has 0 spiro atoms. The van der Waals surface area contributed by atoms with Gasteiger partial charge in [-0.2, -0.15) is 0 Å². The maximum Gasteiger partial charge on any atom is 0.263 e. The van der Waals surface area contributed by atoms with Crippen LogP contribution in [0.2, 0.25) is 0 Å². The summed E-state index contributed by atoms with van der Waals surface area (Å²) in [6.07, 6.45) is 0.950. The summed E-state index contributed by atoms with van der Waals surface area (Å²) in [7, 11) is 0. The Hall–Kier alpha value is -1.43. The summed E-state index contributed by atoms with van der Waals surface area (Å²) >= 11 is 1.45. The Morgan fingerprint density at radius 3 is 2.61 bits per heavy atom. The molecule has 2 N–H and O–H groups in total.